The molecule has 2 aliphatic rings. The molecule has 2 aliphatic heterocycles. The number of likely N-dealkylation sites (tertiary alicyclic amines) is 1. The topological polar surface area (TPSA) is 92.8 Å². The van der Waals surface area contributed by atoms with Gasteiger partial charge in [-0.2, -0.15) is 0 Å². The van der Waals surface area contributed by atoms with E-state index in [0.717, 1.165) is 16.7 Å². The van der Waals surface area contributed by atoms with Gasteiger partial charge in [0.05, 0.1) is 18.4 Å². The summed E-state index contributed by atoms with van der Waals surface area (Å²) in [4.78, 5) is 51.8. The average molecular weight is 449 g/mol. The van der Waals surface area contributed by atoms with Crippen molar-refractivity contribution in [1.29, 1.82) is 0 Å². The number of hydrogen-bond donors (Lipinski definition) is 1. The SMILES string of the molecule is CCOC(=O)[C@]1(C)N[C@H](c2ccc(-c3ccc(C(C)=O)cc3)cc2)[C@@H]2C(=O)N(CC)C(=O)[C@@H]21. The summed E-state index contributed by atoms with van der Waals surface area (Å²) < 4.78 is 5.27. The molecule has 0 saturated carbocycles. The van der Waals surface area contributed by atoms with Gasteiger partial charge in [-0.25, -0.2) is 0 Å². The summed E-state index contributed by atoms with van der Waals surface area (Å²) in [6.07, 6.45) is 0. The van der Waals surface area contributed by atoms with E-state index in [0.29, 0.717) is 5.56 Å². The maximum Gasteiger partial charge on any atom is 0.326 e. The zero-order valence-electron chi connectivity index (χ0n) is 19.3. The van der Waals surface area contributed by atoms with Crippen LogP contribution in [-0.4, -0.2) is 47.2 Å². The van der Waals surface area contributed by atoms with Crippen LogP contribution >= 0.6 is 0 Å². The van der Waals surface area contributed by atoms with Gasteiger partial charge in [-0.1, -0.05) is 48.5 Å². The van der Waals surface area contributed by atoms with Crippen LogP contribution in [0.25, 0.3) is 11.1 Å². The number of imide groups is 1. The zero-order chi connectivity index (χ0) is 23.9. The highest BCUT2D eigenvalue weighted by atomic mass is 16.5. The van der Waals surface area contributed by atoms with Crippen molar-refractivity contribution in [2.45, 2.75) is 39.3 Å². The maximum atomic E-state index is 13.1. The Hall–Kier alpha value is -3.32. The largest absolute Gasteiger partial charge is 0.465 e. The number of Topliss-reactive ketones (excluding diaryl/α,β-unsaturated/α-hetero) is 1. The number of rotatable bonds is 6. The number of fused-ring (bicyclic) bond motifs is 1. The fourth-order valence-electron chi connectivity index (χ4n) is 5.05. The molecule has 0 aromatic heterocycles. The second kappa shape index (κ2) is 8.56. The van der Waals surface area contributed by atoms with Crippen LogP contribution in [0.5, 0.6) is 0 Å². The third kappa shape index (κ3) is 3.66. The zero-order valence-corrected chi connectivity index (χ0v) is 19.3. The first kappa shape index (κ1) is 22.9. The molecule has 2 aromatic carbocycles. The molecule has 7 nitrogen and oxygen atoms in total. The second-order valence-electron chi connectivity index (χ2n) is 8.72. The van der Waals surface area contributed by atoms with Crippen LogP contribution in [0.4, 0.5) is 0 Å². The van der Waals surface area contributed by atoms with Crippen LogP contribution in [0.3, 0.4) is 0 Å². The van der Waals surface area contributed by atoms with E-state index in [-0.39, 0.29) is 30.7 Å². The van der Waals surface area contributed by atoms with Crippen LogP contribution < -0.4 is 5.32 Å². The molecule has 7 heteroatoms. The molecule has 0 aliphatic carbocycles. The monoisotopic (exact) mass is 448 g/mol. The molecule has 1 N–H and O–H groups in total. The van der Waals surface area contributed by atoms with Crippen LogP contribution in [0, 0.1) is 11.8 Å². The van der Waals surface area contributed by atoms with E-state index in [1.165, 1.54) is 11.8 Å². The number of esters is 1. The van der Waals surface area contributed by atoms with E-state index in [4.69, 9.17) is 4.74 Å². The van der Waals surface area contributed by atoms with E-state index in [9.17, 15) is 19.2 Å². The maximum absolute atomic E-state index is 13.1. The molecule has 2 heterocycles. The summed E-state index contributed by atoms with van der Waals surface area (Å²) >= 11 is 0. The van der Waals surface area contributed by atoms with Gasteiger partial charge in [0.1, 0.15) is 5.54 Å². The lowest BCUT2D eigenvalue weighted by Gasteiger charge is -2.29. The molecule has 2 amide bonds. The molecule has 2 fully saturated rings. The molecular formula is C26H28N2O5. The minimum Gasteiger partial charge on any atom is -0.465 e. The average Bonchev–Trinajstić information content (AvgIpc) is 3.27. The molecule has 0 radical (unpaired) electrons. The van der Waals surface area contributed by atoms with Crippen molar-refractivity contribution in [3.05, 3.63) is 59.7 Å². The molecule has 33 heavy (non-hydrogen) atoms. The first-order valence-electron chi connectivity index (χ1n) is 11.2. The van der Waals surface area contributed by atoms with Crippen LogP contribution in [-0.2, 0) is 19.1 Å². The summed E-state index contributed by atoms with van der Waals surface area (Å²) in [6.45, 7) is 7.11. The van der Waals surface area contributed by atoms with Crippen LogP contribution in [0.15, 0.2) is 48.5 Å². The molecule has 0 unspecified atom stereocenters. The lowest BCUT2D eigenvalue weighted by atomic mass is 9.80. The summed E-state index contributed by atoms with van der Waals surface area (Å²) in [5.41, 5.74) is 2.11. The Morgan fingerprint density at radius 1 is 0.970 bits per heavy atom. The molecule has 2 saturated heterocycles. The Kier molecular flexibility index (Phi) is 5.93. The highest BCUT2D eigenvalue weighted by Crippen LogP contribution is 2.49. The minimum absolute atomic E-state index is 0.0142. The van der Waals surface area contributed by atoms with Gasteiger partial charge in [0.2, 0.25) is 11.8 Å². The Bertz CT molecular complexity index is 1110. The summed E-state index contributed by atoms with van der Waals surface area (Å²) in [5, 5.41) is 3.27. The highest BCUT2D eigenvalue weighted by molar-refractivity contribution is 6.09. The first-order valence-corrected chi connectivity index (χ1v) is 11.2. The number of nitrogens with zero attached hydrogens (tertiary/aromatic N) is 1. The third-order valence-electron chi connectivity index (χ3n) is 6.79. The van der Waals surface area contributed by atoms with Gasteiger partial charge in [-0.3, -0.25) is 29.4 Å². The van der Waals surface area contributed by atoms with E-state index in [1.54, 1.807) is 32.9 Å². The van der Waals surface area contributed by atoms with Crippen LogP contribution in [0.1, 0.15) is 49.7 Å². The summed E-state index contributed by atoms with van der Waals surface area (Å²) in [6, 6.07) is 14.6. The summed E-state index contributed by atoms with van der Waals surface area (Å²) in [7, 11) is 0. The first-order chi connectivity index (χ1) is 15.7. The number of hydrogen-bond acceptors (Lipinski definition) is 6. The number of ketones is 1. The number of amides is 2. The Balaban J connectivity index is 1.68. The van der Waals surface area contributed by atoms with Gasteiger partial charge in [-0.05, 0) is 44.4 Å². The number of carbonyl (C=O) groups is 4. The van der Waals surface area contributed by atoms with Crippen molar-refractivity contribution in [3.8, 4) is 11.1 Å². The van der Waals surface area contributed by atoms with Crippen molar-refractivity contribution in [3.63, 3.8) is 0 Å². The van der Waals surface area contributed by atoms with Crippen molar-refractivity contribution in [2.24, 2.45) is 11.8 Å². The third-order valence-corrected chi connectivity index (χ3v) is 6.79. The van der Waals surface area contributed by atoms with Gasteiger partial charge in [0, 0.05) is 18.2 Å². The predicted octanol–water partition coefficient (Wildman–Crippen LogP) is 3.14. The van der Waals surface area contributed by atoms with E-state index < -0.39 is 29.4 Å². The van der Waals surface area contributed by atoms with Gasteiger partial charge < -0.3 is 4.74 Å². The standard InChI is InChI=1S/C26H28N2O5/c1-5-28-23(30)20-21(24(28)31)26(4,25(32)33-6-2)27-22(20)19-13-11-18(12-14-19)17-9-7-16(8-10-17)15(3)29/h7-14,20-22,27H,5-6H2,1-4H3/t20-,21-,22-,26-/m1/s1. The molecule has 4 atom stereocenters. The van der Waals surface area contributed by atoms with Gasteiger partial charge in [0.15, 0.2) is 5.78 Å². The fourth-order valence-corrected chi connectivity index (χ4v) is 5.05. The minimum atomic E-state index is -1.29. The highest BCUT2D eigenvalue weighted by Gasteiger charge is 2.66. The predicted molar refractivity (Wildman–Crippen MR) is 122 cm³/mol. The molecule has 172 valence electrons. The smallest absolute Gasteiger partial charge is 0.326 e. The van der Waals surface area contributed by atoms with Crippen molar-refractivity contribution < 1.29 is 23.9 Å². The quantitative estimate of drug-likeness (QED) is 0.415. The molecular weight excluding hydrogens is 420 g/mol. The molecule has 0 spiro atoms. The number of nitrogens with one attached hydrogen (secondary N) is 1. The van der Waals surface area contributed by atoms with E-state index in [1.807, 2.05) is 36.4 Å². The lowest BCUT2D eigenvalue weighted by Crippen LogP contribution is -2.54. The Morgan fingerprint density at radius 3 is 2.06 bits per heavy atom. The number of benzene rings is 2. The van der Waals surface area contributed by atoms with Crippen molar-refractivity contribution in [2.75, 3.05) is 13.2 Å². The van der Waals surface area contributed by atoms with E-state index in [2.05, 4.69) is 5.32 Å². The Morgan fingerprint density at radius 2 is 1.55 bits per heavy atom. The molecule has 4 rings (SSSR count). The molecule has 2 aromatic rings. The van der Waals surface area contributed by atoms with Crippen LogP contribution in [0.2, 0.25) is 0 Å². The second-order valence-corrected chi connectivity index (χ2v) is 8.72. The lowest BCUT2D eigenvalue weighted by molar-refractivity contribution is -0.155. The van der Waals surface area contributed by atoms with Gasteiger partial charge in [0.25, 0.3) is 0 Å². The molecule has 0 bridgehead atoms. The summed E-state index contributed by atoms with van der Waals surface area (Å²) in [5.74, 6) is -2.59. The van der Waals surface area contributed by atoms with Gasteiger partial charge in [-0.15, -0.1) is 0 Å². The fraction of sp³-hybridized carbons (Fsp3) is 0.385. The van der Waals surface area contributed by atoms with Crippen molar-refractivity contribution in [1.82, 2.24) is 10.2 Å². The number of carbonyl (C=O) groups excluding carboxylic acids is 4. The van der Waals surface area contributed by atoms with Gasteiger partial charge >= 0.3 is 5.97 Å². The van der Waals surface area contributed by atoms with Crippen molar-refractivity contribution >= 4 is 23.6 Å². The number of ether oxygens (including phenoxy) is 1. The Labute approximate surface area is 193 Å². The van der Waals surface area contributed by atoms with E-state index >= 15 is 0 Å². The normalized spacial score (nSPS) is 26.4.